The van der Waals surface area contributed by atoms with Gasteiger partial charge < -0.3 is 9.64 Å². The van der Waals surface area contributed by atoms with E-state index in [0.717, 1.165) is 0 Å². The maximum atomic E-state index is 13.2. The van der Waals surface area contributed by atoms with Gasteiger partial charge in [0.1, 0.15) is 10.2 Å². The molecule has 0 saturated carbocycles. The van der Waals surface area contributed by atoms with Crippen LogP contribution in [0.15, 0.2) is 22.9 Å². The summed E-state index contributed by atoms with van der Waals surface area (Å²) in [5, 5.41) is 0. The number of hydrogen-bond acceptors (Lipinski definition) is 4. The third-order valence-corrected chi connectivity index (χ3v) is 4.55. The van der Waals surface area contributed by atoms with Crippen molar-refractivity contribution in [3.8, 4) is 0 Å². The van der Waals surface area contributed by atoms with Gasteiger partial charge in [0.2, 0.25) is 0 Å². The largest absolute Gasteiger partial charge is 0.443 e. The third-order valence-electron chi connectivity index (χ3n) is 4.08. The van der Waals surface area contributed by atoms with Gasteiger partial charge in [0.25, 0.3) is 5.92 Å². The van der Waals surface area contributed by atoms with Crippen LogP contribution in [-0.2, 0) is 4.74 Å². The average molecular weight is 434 g/mol. The summed E-state index contributed by atoms with van der Waals surface area (Å²) in [6.07, 6.45) is 1.64. The number of carbonyl (C=O) groups excluding carboxylic acids is 1. The van der Waals surface area contributed by atoms with E-state index < -0.39 is 17.6 Å². The van der Waals surface area contributed by atoms with Crippen LogP contribution in [-0.4, -0.2) is 53.7 Å². The monoisotopic (exact) mass is 433 g/mol. The summed E-state index contributed by atoms with van der Waals surface area (Å²) in [7, 11) is 0. The Morgan fingerprint density at radius 3 is 2.54 bits per heavy atom. The number of piperidine rings is 1. The molecule has 5 nitrogen and oxygen atoms in total. The number of anilines is 1. The zero-order valence-corrected chi connectivity index (χ0v) is 17.1. The van der Waals surface area contributed by atoms with Crippen LogP contribution in [0.5, 0.6) is 0 Å². The number of carbonyl (C=O) groups is 1. The molecule has 1 aromatic heterocycles. The summed E-state index contributed by atoms with van der Waals surface area (Å²) in [4.78, 5) is 20.3. The van der Waals surface area contributed by atoms with Gasteiger partial charge in [-0.05, 0) is 61.8 Å². The molecule has 1 aliphatic heterocycles. The molecule has 0 N–H and O–H groups in total. The first-order valence-electron chi connectivity index (χ1n) is 8.78. The number of alkyl halides is 2. The number of pyridine rings is 1. The number of halogens is 3. The van der Waals surface area contributed by atoms with Gasteiger partial charge in [-0.3, -0.25) is 4.90 Å². The third kappa shape index (κ3) is 6.79. The van der Waals surface area contributed by atoms with Crippen molar-refractivity contribution in [2.45, 2.75) is 51.6 Å². The number of likely N-dealkylation sites (tertiary alicyclic amines) is 1. The SMILES string of the molecule is CC(C)(C)OC(=O)N(CCCN1CCC(F)(F)CC1)c1ccc(Br)nc1. The Bertz CT molecular complexity index is 595. The van der Waals surface area contributed by atoms with Crippen molar-refractivity contribution in [3.63, 3.8) is 0 Å². The second kappa shape index (κ2) is 8.61. The first kappa shape index (κ1) is 21.0. The molecule has 0 atom stereocenters. The molecule has 1 saturated heterocycles. The van der Waals surface area contributed by atoms with E-state index in [9.17, 15) is 13.6 Å². The average Bonchev–Trinajstić information content (AvgIpc) is 2.52. The van der Waals surface area contributed by atoms with Gasteiger partial charge >= 0.3 is 6.09 Å². The van der Waals surface area contributed by atoms with Crippen LogP contribution < -0.4 is 4.90 Å². The molecule has 0 aliphatic carbocycles. The van der Waals surface area contributed by atoms with Crippen LogP contribution in [0.3, 0.4) is 0 Å². The van der Waals surface area contributed by atoms with Crippen LogP contribution in [0.2, 0.25) is 0 Å². The highest BCUT2D eigenvalue weighted by atomic mass is 79.9. The quantitative estimate of drug-likeness (QED) is 0.630. The van der Waals surface area contributed by atoms with Gasteiger partial charge in [0.05, 0.1) is 11.9 Å². The Balaban J connectivity index is 1.96. The smallest absolute Gasteiger partial charge is 0.414 e. The van der Waals surface area contributed by atoms with Crippen LogP contribution >= 0.6 is 15.9 Å². The van der Waals surface area contributed by atoms with Gasteiger partial charge in [-0.1, -0.05) is 0 Å². The summed E-state index contributed by atoms with van der Waals surface area (Å²) in [6.45, 7) is 7.33. The lowest BCUT2D eigenvalue weighted by Gasteiger charge is -2.32. The molecule has 26 heavy (non-hydrogen) atoms. The molecular formula is C18H26BrF2N3O2. The van der Waals surface area contributed by atoms with Crippen LogP contribution in [0.4, 0.5) is 19.3 Å². The minimum atomic E-state index is -2.54. The Morgan fingerprint density at radius 1 is 1.35 bits per heavy atom. The van der Waals surface area contributed by atoms with Crippen molar-refractivity contribution in [2.24, 2.45) is 0 Å². The molecule has 1 amide bonds. The summed E-state index contributed by atoms with van der Waals surface area (Å²) in [5.74, 6) is -2.54. The molecule has 0 unspecified atom stereocenters. The van der Waals surface area contributed by atoms with Crippen molar-refractivity contribution in [2.75, 3.05) is 31.1 Å². The van der Waals surface area contributed by atoms with E-state index in [1.54, 1.807) is 23.2 Å². The second-order valence-electron chi connectivity index (χ2n) is 7.52. The van der Waals surface area contributed by atoms with Crippen LogP contribution in [0.25, 0.3) is 0 Å². The minimum absolute atomic E-state index is 0.0978. The fraction of sp³-hybridized carbons (Fsp3) is 0.667. The normalized spacial score (nSPS) is 17.8. The van der Waals surface area contributed by atoms with Crippen LogP contribution in [0.1, 0.15) is 40.0 Å². The molecule has 0 bridgehead atoms. The molecule has 1 fully saturated rings. The molecule has 0 aromatic carbocycles. The molecule has 2 rings (SSSR count). The molecule has 0 spiro atoms. The molecular weight excluding hydrogens is 408 g/mol. The predicted octanol–water partition coefficient (Wildman–Crippen LogP) is 4.71. The van der Waals surface area contributed by atoms with Gasteiger partial charge in [-0.25, -0.2) is 18.6 Å². The summed E-state index contributed by atoms with van der Waals surface area (Å²) in [6, 6.07) is 3.56. The van der Waals surface area contributed by atoms with Crippen molar-refractivity contribution in [1.29, 1.82) is 0 Å². The van der Waals surface area contributed by atoms with E-state index in [1.165, 1.54) is 0 Å². The number of hydrogen-bond donors (Lipinski definition) is 0. The van der Waals surface area contributed by atoms with E-state index >= 15 is 0 Å². The predicted molar refractivity (Wildman–Crippen MR) is 101 cm³/mol. The standard InChI is InChI=1S/C18H26BrF2N3O2/c1-17(2,3)26-16(25)24(14-5-6-15(19)22-13-14)10-4-9-23-11-7-18(20,21)8-12-23/h5-6,13H,4,7-12H2,1-3H3. The first-order chi connectivity index (χ1) is 12.1. The fourth-order valence-electron chi connectivity index (χ4n) is 2.73. The van der Waals surface area contributed by atoms with E-state index in [1.807, 2.05) is 25.7 Å². The van der Waals surface area contributed by atoms with Crippen LogP contribution in [0, 0.1) is 0 Å². The van der Waals surface area contributed by atoms with Gasteiger partial charge in [-0.2, -0.15) is 0 Å². The Hall–Kier alpha value is -1.28. The summed E-state index contributed by atoms with van der Waals surface area (Å²) in [5.41, 5.74) is 0.0453. The summed E-state index contributed by atoms with van der Waals surface area (Å²) < 4.78 is 32.6. The summed E-state index contributed by atoms with van der Waals surface area (Å²) >= 11 is 3.28. The highest BCUT2D eigenvalue weighted by Gasteiger charge is 2.33. The number of ether oxygens (including phenoxy) is 1. The maximum absolute atomic E-state index is 13.2. The van der Waals surface area contributed by atoms with Crippen molar-refractivity contribution < 1.29 is 18.3 Å². The first-order valence-corrected chi connectivity index (χ1v) is 9.57. The fourth-order valence-corrected chi connectivity index (χ4v) is 2.96. The van der Waals surface area contributed by atoms with E-state index in [0.29, 0.717) is 42.9 Å². The number of rotatable bonds is 5. The zero-order chi connectivity index (χ0) is 19.4. The zero-order valence-electron chi connectivity index (χ0n) is 15.5. The Kier molecular flexibility index (Phi) is 6.96. The molecule has 0 radical (unpaired) electrons. The lowest BCUT2D eigenvalue weighted by Crippen LogP contribution is -2.42. The molecule has 1 aliphatic rings. The van der Waals surface area contributed by atoms with Crippen molar-refractivity contribution >= 4 is 27.7 Å². The van der Waals surface area contributed by atoms with Crippen molar-refractivity contribution in [3.05, 3.63) is 22.9 Å². The van der Waals surface area contributed by atoms with E-state index in [4.69, 9.17) is 4.74 Å². The maximum Gasteiger partial charge on any atom is 0.414 e. The van der Waals surface area contributed by atoms with E-state index in [-0.39, 0.29) is 12.8 Å². The minimum Gasteiger partial charge on any atom is -0.443 e. The molecule has 8 heteroatoms. The topological polar surface area (TPSA) is 45.7 Å². The molecule has 1 aromatic rings. The highest BCUT2D eigenvalue weighted by Crippen LogP contribution is 2.27. The lowest BCUT2D eigenvalue weighted by atomic mass is 10.1. The molecule has 146 valence electrons. The number of nitrogens with zero attached hydrogens (tertiary/aromatic N) is 3. The van der Waals surface area contributed by atoms with E-state index in [2.05, 4.69) is 20.9 Å². The Morgan fingerprint density at radius 2 is 2.00 bits per heavy atom. The highest BCUT2D eigenvalue weighted by molar-refractivity contribution is 9.10. The number of amides is 1. The van der Waals surface area contributed by atoms with Crippen molar-refractivity contribution in [1.82, 2.24) is 9.88 Å². The van der Waals surface area contributed by atoms with Gasteiger partial charge in [0, 0.05) is 32.5 Å². The Labute approximate surface area is 161 Å². The second-order valence-corrected chi connectivity index (χ2v) is 8.33. The molecule has 2 heterocycles. The van der Waals surface area contributed by atoms with Gasteiger partial charge in [0.15, 0.2) is 0 Å². The lowest BCUT2D eigenvalue weighted by molar-refractivity contribution is -0.0550. The number of aromatic nitrogens is 1. The van der Waals surface area contributed by atoms with Gasteiger partial charge in [-0.15, -0.1) is 0 Å².